The van der Waals surface area contributed by atoms with Crippen LogP contribution in [0.4, 0.5) is 5.82 Å². The maximum absolute atomic E-state index is 12.0. The van der Waals surface area contributed by atoms with Crippen molar-refractivity contribution in [3.8, 4) is 0 Å². The Hall–Kier alpha value is -2.17. The first kappa shape index (κ1) is 12.8. The van der Waals surface area contributed by atoms with Crippen molar-refractivity contribution in [2.24, 2.45) is 5.92 Å². The van der Waals surface area contributed by atoms with Crippen molar-refractivity contribution in [1.82, 2.24) is 14.9 Å². The van der Waals surface area contributed by atoms with E-state index in [0.29, 0.717) is 0 Å². The number of hydrogen-bond acceptors (Lipinski definition) is 4. The van der Waals surface area contributed by atoms with Crippen LogP contribution in [0.3, 0.4) is 0 Å². The highest BCUT2D eigenvalue weighted by Crippen LogP contribution is 2.24. The highest BCUT2D eigenvalue weighted by atomic mass is 16.2. The minimum absolute atomic E-state index is 0.0678. The third-order valence-corrected chi connectivity index (χ3v) is 3.74. The molecule has 0 aliphatic carbocycles. The van der Waals surface area contributed by atoms with E-state index in [-0.39, 0.29) is 11.8 Å². The second-order valence-corrected chi connectivity index (χ2v) is 5.38. The molecular formula is C15H18N4O. The predicted octanol–water partition coefficient (Wildman–Crippen LogP) is 1.54. The van der Waals surface area contributed by atoms with Gasteiger partial charge in [0.05, 0.1) is 23.1 Å². The van der Waals surface area contributed by atoms with Crippen molar-refractivity contribution in [3.05, 3.63) is 30.5 Å². The topological polar surface area (TPSA) is 49.3 Å². The van der Waals surface area contributed by atoms with Gasteiger partial charge in [-0.15, -0.1) is 0 Å². The Bertz CT molecular complexity index is 641. The number of amides is 1. The SMILES string of the molecule is CN(C)C(=O)C1CCN(c2cnc3ccccc3n2)C1. The quantitative estimate of drug-likeness (QED) is 0.830. The van der Waals surface area contributed by atoms with E-state index < -0.39 is 0 Å². The second-order valence-electron chi connectivity index (χ2n) is 5.38. The standard InChI is InChI=1S/C15H18N4O/c1-18(2)15(20)11-7-8-19(10-11)14-9-16-12-5-3-4-6-13(12)17-14/h3-6,9,11H,7-8,10H2,1-2H3. The summed E-state index contributed by atoms with van der Waals surface area (Å²) in [5, 5.41) is 0. The van der Waals surface area contributed by atoms with Gasteiger partial charge in [-0.3, -0.25) is 9.78 Å². The van der Waals surface area contributed by atoms with Gasteiger partial charge < -0.3 is 9.80 Å². The lowest BCUT2D eigenvalue weighted by molar-refractivity contribution is -0.132. The summed E-state index contributed by atoms with van der Waals surface area (Å²) in [6.45, 7) is 1.58. The van der Waals surface area contributed by atoms with Crippen LogP contribution in [0.5, 0.6) is 0 Å². The van der Waals surface area contributed by atoms with E-state index in [2.05, 4.69) is 14.9 Å². The summed E-state index contributed by atoms with van der Waals surface area (Å²) in [5.41, 5.74) is 1.80. The molecule has 20 heavy (non-hydrogen) atoms. The van der Waals surface area contributed by atoms with Gasteiger partial charge in [-0.2, -0.15) is 0 Å². The van der Waals surface area contributed by atoms with Crippen molar-refractivity contribution in [2.75, 3.05) is 32.1 Å². The molecule has 1 aliphatic rings. The maximum atomic E-state index is 12.0. The molecule has 5 heteroatoms. The first-order chi connectivity index (χ1) is 9.65. The molecule has 2 aromatic rings. The second kappa shape index (κ2) is 5.07. The zero-order chi connectivity index (χ0) is 14.1. The van der Waals surface area contributed by atoms with Gasteiger partial charge in [-0.1, -0.05) is 12.1 Å². The van der Waals surface area contributed by atoms with Gasteiger partial charge in [-0.25, -0.2) is 4.98 Å². The van der Waals surface area contributed by atoms with E-state index in [0.717, 1.165) is 36.4 Å². The molecule has 3 rings (SSSR count). The number of hydrogen-bond donors (Lipinski definition) is 0. The Kier molecular flexibility index (Phi) is 3.26. The molecule has 1 amide bonds. The van der Waals surface area contributed by atoms with Crippen molar-refractivity contribution in [1.29, 1.82) is 0 Å². The van der Waals surface area contributed by atoms with Crippen LogP contribution in [0.2, 0.25) is 0 Å². The molecule has 0 radical (unpaired) electrons. The lowest BCUT2D eigenvalue weighted by atomic mass is 10.1. The van der Waals surface area contributed by atoms with E-state index >= 15 is 0 Å². The number of anilines is 1. The number of rotatable bonds is 2. The van der Waals surface area contributed by atoms with Crippen molar-refractivity contribution < 1.29 is 4.79 Å². The molecule has 0 N–H and O–H groups in total. The summed E-state index contributed by atoms with van der Waals surface area (Å²) in [6, 6.07) is 7.83. The molecule has 2 heterocycles. The molecule has 1 atom stereocenters. The molecule has 1 aromatic heterocycles. The molecule has 5 nitrogen and oxygen atoms in total. The molecule has 0 bridgehead atoms. The van der Waals surface area contributed by atoms with Gasteiger partial charge in [-0.05, 0) is 18.6 Å². The monoisotopic (exact) mass is 270 g/mol. The van der Waals surface area contributed by atoms with Crippen LogP contribution in [0.25, 0.3) is 11.0 Å². The molecule has 0 spiro atoms. The fourth-order valence-electron chi connectivity index (χ4n) is 2.63. The van der Waals surface area contributed by atoms with Gasteiger partial charge in [0.25, 0.3) is 0 Å². The van der Waals surface area contributed by atoms with Gasteiger partial charge in [0.2, 0.25) is 5.91 Å². The van der Waals surface area contributed by atoms with Crippen LogP contribution >= 0.6 is 0 Å². The predicted molar refractivity (Wildman–Crippen MR) is 78.6 cm³/mol. The Balaban J connectivity index is 1.81. The first-order valence-electron chi connectivity index (χ1n) is 6.83. The summed E-state index contributed by atoms with van der Waals surface area (Å²) in [4.78, 5) is 24.9. The Morgan fingerprint density at radius 2 is 2.05 bits per heavy atom. The fraction of sp³-hybridized carbons (Fsp3) is 0.400. The molecule has 1 saturated heterocycles. The summed E-state index contributed by atoms with van der Waals surface area (Å²) in [5.74, 6) is 1.12. The Morgan fingerprint density at radius 1 is 1.30 bits per heavy atom. The van der Waals surface area contributed by atoms with Crippen LogP contribution < -0.4 is 4.90 Å². The number of fused-ring (bicyclic) bond motifs is 1. The Labute approximate surface area is 118 Å². The van der Waals surface area contributed by atoms with E-state index in [1.54, 1.807) is 25.2 Å². The highest BCUT2D eigenvalue weighted by Gasteiger charge is 2.30. The van der Waals surface area contributed by atoms with Gasteiger partial charge in [0.15, 0.2) is 0 Å². The van der Waals surface area contributed by atoms with Gasteiger partial charge in [0.1, 0.15) is 5.82 Å². The maximum Gasteiger partial charge on any atom is 0.227 e. The number of benzene rings is 1. The number of carbonyl (C=O) groups is 1. The lowest BCUT2D eigenvalue weighted by Crippen LogP contribution is -2.32. The molecule has 1 aromatic carbocycles. The van der Waals surface area contributed by atoms with Crippen molar-refractivity contribution in [2.45, 2.75) is 6.42 Å². The van der Waals surface area contributed by atoms with Gasteiger partial charge >= 0.3 is 0 Å². The third-order valence-electron chi connectivity index (χ3n) is 3.74. The number of aromatic nitrogens is 2. The minimum atomic E-state index is 0.0678. The summed E-state index contributed by atoms with van der Waals surface area (Å²) in [6.07, 6.45) is 2.68. The van der Waals surface area contributed by atoms with Crippen LogP contribution in [-0.4, -0.2) is 48.0 Å². The van der Waals surface area contributed by atoms with Crippen molar-refractivity contribution in [3.63, 3.8) is 0 Å². The van der Waals surface area contributed by atoms with Crippen LogP contribution in [-0.2, 0) is 4.79 Å². The molecule has 104 valence electrons. The van der Waals surface area contributed by atoms with Crippen LogP contribution in [0, 0.1) is 5.92 Å². The average molecular weight is 270 g/mol. The fourth-order valence-corrected chi connectivity index (χ4v) is 2.63. The normalized spacial score (nSPS) is 18.5. The number of carbonyl (C=O) groups excluding carboxylic acids is 1. The number of nitrogens with zero attached hydrogens (tertiary/aromatic N) is 4. The Morgan fingerprint density at radius 3 is 2.80 bits per heavy atom. The van der Waals surface area contributed by atoms with E-state index in [1.165, 1.54) is 0 Å². The summed E-state index contributed by atoms with van der Waals surface area (Å²) < 4.78 is 0. The van der Waals surface area contributed by atoms with E-state index in [1.807, 2.05) is 24.3 Å². The highest BCUT2D eigenvalue weighted by molar-refractivity contribution is 5.80. The number of para-hydroxylation sites is 2. The minimum Gasteiger partial charge on any atom is -0.354 e. The molecule has 0 saturated carbocycles. The zero-order valence-corrected chi connectivity index (χ0v) is 11.8. The summed E-state index contributed by atoms with van der Waals surface area (Å²) in [7, 11) is 3.61. The largest absolute Gasteiger partial charge is 0.354 e. The third kappa shape index (κ3) is 2.31. The smallest absolute Gasteiger partial charge is 0.227 e. The molecule has 1 aliphatic heterocycles. The first-order valence-corrected chi connectivity index (χ1v) is 6.83. The van der Waals surface area contributed by atoms with E-state index in [9.17, 15) is 4.79 Å². The van der Waals surface area contributed by atoms with Crippen LogP contribution in [0.15, 0.2) is 30.5 Å². The molecule has 1 fully saturated rings. The lowest BCUT2D eigenvalue weighted by Gasteiger charge is -2.19. The van der Waals surface area contributed by atoms with Gasteiger partial charge in [0, 0.05) is 27.2 Å². The average Bonchev–Trinajstić information content (AvgIpc) is 2.95. The van der Waals surface area contributed by atoms with Crippen LogP contribution in [0.1, 0.15) is 6.42 Å². The molecular weight excluding hydrogens is 252 g/mol. The molecule has 1 unspecified atom stereocenters. The zero-order valence-electron chi connectivity index (χ0n) is 11.8. The van der Waals surface area contributed by atoms with Crippen molar-refractivity contribution >= 4 is 22.8 Å². The van der Waals surface area contributed by atoms with E-state index in [4.69, 9.17) is 0 Å². The summed E-state index contributed by atoms with van der Waals surface area (Å²) >= 11 is 0.